The first-order valence-electron chi connectivity index (χ1n) is 12.0. The predicted molar refractivity (Wildman–Crippen MR) is 138 cm³/mol. The minimum atomic E-state index is -0.512. The highest BCUT2D eigenvalue weighted by Gasteiger charge is 2.22. The fraction of sp³-hybridized carbons (Fsp3) is 0.167. The molecule has 5 rings (SSSR count). The summed E-state index contributed by atoms with van der Waals surface area (Å²) in [4.78, 5) is 28.3. The molecule has 4 aromatic rings. The number of aromatic nitrogens is 1. The van der Waals surface area contributed by atoms with Gasteiger partial charge in [-0.05, 0) is 53.9 Å². The van der Waals surface area contributed by atoms with Gasteiger partial charge < -0.3 is 19.9 Å². The van der Waals surface area contributed by atoms with Gasteiger partial charge in [-0.15, -0.1) is 0 Å². The fourth-order valence-corrected chi connectivity index (χ4v) is 4.24. The van der Waals surface area contributed by atoms with Gasteiger partial charge in [0.1, 0.15) is 23.9 Å². The number of hydrogen-bond donors (Lipinski definition) is 1. The number of Topliss-reactive ketones (excluding diaryl/α,β-unsaturated/α-hetero) is 1. The highest BCUT2D eigenvalue weighted by Crippen LogP contribution is 2.36. The Morgan fingerprint density at radius 2 is 1.84 bits per heavy atom. The van der Waals surface area contributed by atoms with Gasteiger partial charge >= 0.3 is 0 Å². The van der Waals surface area contributed by atoms with Crippen LogP contribution in [-0.4, -0.2) is 23.3 Å². The summed E-state index contributed by atoms with van der Waals surface area (Å²) in [6.07, 6.45) is 2.59. The third kappa shape index (κ3) is 5.46. The Morgan fingerprint density at radius 1 is 1.00 bits per heavy atom. The molecule has 0 saturated heterocycles. The third-order valence-corrected chi connectivity index (χ3v) is 6.23. The average Bonchev–Trinajstić information content (AvgIpc) is 2.91. The van der Waals surface area contributed by atoms with E-state index < -0.39 is 5.91 Å². The van der Waals surface area contributed by atoms with Crippen molar-refractivity contribution in [2.24, 2.45) is 5.73 Å². The topological polar surface area (TPSA) is 101 Å². The van der Waals surface area contributed by atoms with Gasteiger partial charge in [-0.1, -0.05) is 36.4 Å². The summed E-state index contributed by atoms with van der Waals surface area (Å²) in [7, 11) is 0. The van der Waals surface area contributed by atoms with Crippen LogP contribution in [0.4, 0.5) is 0 Å². The normalized spacial score (nSPS) is 12.4. The van der Waals surface area contributed by atoms with E-state index in [2.05, 4.69) is 4.98 Å². The van der Waals surface area contributed by atoms with Gasteiger partial charge in [0.25, 0.3) is 0 Å². The number of benzene rings is 3. The van der Waals surface area contributed by atoms with E-state index in [1.165, 1.54) is 0 Å². The molecule has 2 heterocycles. The van der Waals surface area contributed by atoms with Crippen LogP contribution < -0.4 is 19.9 Å². The van der Waals surface area contributed by atoms with Crippen molar-refractivity contribution in [3.63, 3.8) is 0 Å². The van der Waals surface area contributed by atoms with Crippen molar-refractivity contribution in [3.8, 4) is 23.1 Å². The lowest BCUT2D eigenvalue weighted by atomic mass is 10.0. The molecule has 3 aromatic carbocycles. The van der Waals surface area contributed by atoms with Crippen molar-refractivity contribution in [2.75, 3.05) is 6.61 Å². The molecule has 7 nitrogen and oxygen atoms in total. The van der Waals surface area contributed by atoms with Crippen LogP contribution in [0.5, 0.6) is 23.1 Å². The van der Waals surface area contributed by atoms with E-state index >= 15 is 0 Å². The number of ketones is 1. The number of primary amides is 1. The molecule has 0 radical (unpaired) electrons. The van der Waals surface area contributed by atoms with Gasteiger partial charge in [0.2, 0.25) is 11.8 Å². The zero-order valence-corrected chi connectivity index (χ0v) is 20.4. The van der Waals surface area contributed by atoms with Gasteiger partial charge in [-0.25, -0.2) is 4.98 Å². The summed E-state index contributed by atoms with van der Waals surface area (Å²) in [5, 5.41) is 0. The molecule has 37 heavy (non-hydrogen) atoms. The molecule has 1 aromatic heterocycles. The molecule has 0 bridgehead atoms. The van der Waals surface area contributed by atoms with Crippen molar-refractivity contribution in [3.05, 3.63) is 112 Å². The molecule has 0 saturated carbocycles. The second-order valence-corrected chi connectivity index (χ2v) is 8.83. The molecule has 1 aliphatic rings. The largest absolute Gasteiger partial charge is 0.492 e. The van der Waals surface area contributed by atoms with Gasteiger partial charge in [-0.3, -0.25) is 9.59 Å². The van der Waals surface area contributed by atoms with Crippen LogP contribution in [0.1, 0.15) is 49.4 Å². The first-order valence-corrected chi connectivity index (χ1v) is 12.0. The highest BCUT2D eigenvalue weighted by molar-refractivity contribution is 6.00. The first kappa shape index (κ1) is 24.1. The predicted octanol–water partition coefficient (Wildman–Crippen LogP) is 5.42. The lowest BCUT2D eigenvalue weighted by molar-refractivity contribution is 0.0931. The Hall–Kier alpha value is -4.65. The van der Waals surface area contributed by atoms with Gasteiger partial charge in [0.15, 0.2) is 5.78 Å². The second kappa shape index (κ2) is 10.5. The quantitative estimate of drug-likeness (QED) is 0.351. The molecule has 0 spiro atoms. The van der Waals surface area contributed by atoms with E-state index in [1.807, 2.05) is 55.5 Å². The molecular formula is C30H26N2O5. The van der Waals surface area contributed by atoms with E-state index in [4.69, 9.17) is 19.9 Å². The summed E-state index contributed by atoms with van der Waals surface area (Å²) < 4.78 is 17.9. The van der Waals surface area contributed by atoms with Crippen LogP contribution in [0, 0.1) is 6.92 Å². The number of pyridine rings is 1. The maximum absolute atomic E-state index is 12.2. The van der Waals surface area contributed by atoms with Crippen molar-refractivity contribution in [1.29, 1.82) is 0 Å². The summed E-state index contributed by atoms with van der Waals surface area (Å²) in [5.41, 5.74) is 10.1. The molecular weight excluding hydrogens is 468 g/mol. The smallest absolute Gasteiger partial charge is 0.248 e. The zero-order chi connectivity index (χ0) is 25.8. The zero-order valence-electron chi connectivity index (χ0n) is 20.4. The van der Waals surface area contributed by atoms with Crippen LogP contribution in [0.15, 0.2) is 79.0 Å². The minimum Gasteiger partial charge on any atom is -0.492 e. The number of carbonyl (C=O) groups excluding carboxylic acids is 2. The van der Waals surface area contributed by atoms with Crippen molar-refractivity contribution in [2.45, 2.75) is 26.4 Å². The van der Waals surface area contributed by atoms with Crippen LogP contribution >= 0.6 is 0 Å². The van der Waals surface area contributed by atoms with E-state index in [0.717, 1.165) is 22.3 Å². The van der Waals surface area contributed by atoms with E-state index in [0.29, 0.717) is 60.3 Å². The number of rotatable bonds is 8. The second-order valence-electron chi connectivity index (χ2n) is 8.83. The standard InChI is InChI=1S/C30H26N2O5/c1-19-26(10-9-24-25(33)12-14-35-29(19)24)37-28-16-21(11-13-32-28)15-22-7-8-23(30(31)34)17-27(22)36-18-20-5-3-2-4-6-20/h2-11,13,16-17H,12,14-15,18H2,1H3,(H2,31,34). The summed E-state index contributed by atoms with van der Waals surface area (Å²) in [5.74, 6) is 1.72. The first-order chi connectivity index (χ1) is 18.0. The molecule has 1 amide bonds. The van der Waals surface area contributed by atoms with Crippen LogP contribution in [0.25, 0.3) is 0 Å². The number of hydrogen-bond acceptors (Lipinski definition) is 6. The van der Waals surface area contributed by atoms with Crippen molar-refractivity contribution < 1.29 is 23.8 Å². The van der Waals surface area contributed by atoms with Crippen LogP contribution in [0.2, 0.25) is 0 Å². The lowest BCUT2D eigenvalue weighted by Gasteiger charge is -2.20. The Balaban J connectivity index is 1.37. The summed E-state index contributed by atoms with van der Waals surface area (Å²) >= 11 is 0. The van der Waals surface area contributed by atoms with Crippen molar-refractivity contribution >= 4 is 11.7 Å². The van der Waals surface area contributed by atoms with Gasteiger partial charge in [-0.2, -0.15) is 0 Å². The molecule has 0 fully saturated rings. The fourth-order valence-electron chi connectivity index (χ4n) is 4.24. The monoisotopic (exact) mass is 494 g/mol. The number of nitrogens with zero attached hydrogens (tertiary/aromatic N) is 1. The Morgan fingerprint density at radius 3 is 2.65 bits per heavy atom. The Bertz CT molecular complexity index is 1470. The number of ether oxygens (including phenoxy) is 3. The third-order valence-electron chi connectivity index (χ3n) is 6.23. The Kier molecular flexibility index (Phi) is 6.85. The number of carbonyl (C=O) groups is 2. The number of fused-ring (bicyclic) bond motifs is 1. The average molecular weight is 495 g/mol. The van der Waals surface area contributed by atoms with Gasteiger partial charge in [0.05, 0.1) is 12.2 Å². The van der Waals surface area contributed by atoms with Crippen LogP contribution in [-0.2, 0) is 13.0 Å². The molecule has 7 heteroatoms. The maximum Gasteiger partial charge on any atom is 0.248 e. The maximum atomic E-state index is 12.2. The van der Waals surface area contributed by atoms with Crippen LogP contribution in [0.3, 0.4) is 0 Å². The van der Waals surface area contributed by atoms with E-state index in [9.17, 15) is 9.59 Å². The number of nitrogens with two attached hydrogens (primary N) is 1. The van der Waals surface area contributed by atoms with E-state index in [-0.39, 0.29) is 5.78 Å². The summed E-state index contributed by atoms with van der Waals surface area (Å²) in [6, 6.07) is 22.3. The molecule has 0 atom stereocenters. The minimum absolute atomic E-state index is 0.0728. The Labute approximate surface area is 214 Å². The highest BCUT2D eigenvalue weighted by atomic mass is 16.5. The molecule has 2 N–H and O–H groups in total. The molecule has 0 aliphatic carbocycles. The lowest BCUT2D eigenvalue weighted by Crippen LogP contribution is -2.16. The molecule has 0 unspecified atom stereocenters. The van der Waals surface area contributed by atoms with E-state index in [1.54, 1.807) is 30.5 Å². The number of amides is 1. The molecule has 186 valence electrons. The van der Waals surface area contributed by atoms with Crippen molar-refractivity contribution in [1.82, 2.24) is 4.98 Å². The van der Waals surface area contributed by atoms with Gasteiger partial charge in [0, 0.05) is 36.2 Å². The SMILES string of the molecule is Cc1c(Oc2cc(Cc3ccc(C(N)=O)cc3OCc3ccccc3)ccn2)ccc2c1OCCC2=O. The summed E-state index contributed by atoms with van der Waals surface area (Å²) in [6.45, 7) is 2.60. The molecule has 1 aliphatic heterocycles.